The number of hydrogen-bond acceptors (Lipinski definition) is 9. The van der Waals surface area contributed by atoms with Crippen LogP contribution < -0.4 is 16.0 Å². The summed E-state index contributed by atoms with van der Waals surface area (Å²) >= 11 is 1.08. The van der Waals surface area contributed by atoms with Crippen molar-refractivity contribution in [1.82, 2.24) is 24.1 Å². The molecule has 0 radical (unpaired) electrons. The molecule has 42 heavy (non-hydrogen) atoms. The number of carbonyl (C=O) groups is 1. The summed E-state index contributed by atoms with van der Waals surface area (Å²) in [4.78, 5) is 43.0. The highest BCUT2D eigenvalue weighted by atomic mass is 32.1. The van der Waals surface area contributed by atoms with E-state index < -0.39 is 34.7 Å². The van der Waals surface area contributed by atoms with Gasteiger partial charge in [-0.05, 0) is 44.5 Å². The van der Waals surface area contributed by atoms with E-state index in [4.69, 9.17) is 9.47 Å². The second-order valence-corrected chi connectivity index (χ2v) is 11.1. The van der Waals surface area contributed by atoms with Crippen molar-refractivity contribution < 1.29 is 23.8 Å². The van der Waals surface area contributed by atoms with Gasteiger partial charge in [0.05, 0.1) is 31.4 Å². The van der Waals surface area contributed by atoms with Crippen LogP contribution in [0.15, 0.2) is 70.5 Å². The molecule has 0 saturated heterocycles. The molecule has 5 rings (SSSR count). The quantitative estimate of drug-likeness (QED) is 0.257. The Morgan fingerprint density at radius 3 is 2.48 bits per heavy atom. The number of aryl methyl sites for hydroxylation is 1. The molecule has 0 aliphatic heterocycles. The molecule has 11 nitrogen and oxygen atoms in total. The Labute approximate surface area is 243 Å². The third-order valence-electron chi connectivity index (χ3n) is 6.97. The molecule has 0 aliphatic rings. The minimum atomic E-state index is -1.74. The van der Waals surface area contributed by atoms with E-state index in [-0.39, 0.29) is 34.7 Å². The smallest absolute Gasteiger partial charge is 0.333 e. The van der Waals surface area contributed by atoms with Crippen molar-refractivity contribution in [2.24, 2.45) is 0 Å². The fraction of sp³-hybridized carbons (Fsp3) is 0.276. The van der Waals surface area contributed by atoms with Gasteiger partial charge < -0.3 is 14.6 Å². The number of esters is 1. The second-order valence-electron chi connectivity index (χ2n) is 10.1. The lowest BCUT2D eigenvalue weighted by Gasteiger charge is -2.26. The molecule has 0 unspecified atom stereocenters. The van der Waals surface area contributed by atoms with Crippen molar-refractivity contribution in [3.05, 3.63) is 104 Å². The number of aromatic nitrogens is 5. The fourth-order valence-electron chi connectivity index (χ4n) is 4.73. The molecule has 0 saturated carbocycles. The Hall–Kier alpha value is -4.62. The highest BCUT2D eigenvalue weighted by Crippen LogP contribution is 2.33. The Morgan fingerprint density at radius 2 is 1.81 bits per heavy atom. The van der Waals surface area contributed by atoms with Crippen molar-refractivity contribution in [3.63, 3.8) is 0 Å². The zero-order valence-electron chi connectivity index (χ0n) is 23.3. The van der Waals surface area contributed by atoms with Gasteiger partial charge in [-0.15, -0.1) is 4.80 Å². The number of carbonyl (C=O) groups excluding carboxylic acids is 1. The molecule has 1 atom stereocenters. The Morgan fingerprint density at radius 1 is 1.12 bits per heavy atom. The van der Waals surface area contributed by atoms with E-state index >= 15 is 0 Å². The first-order valence-electron chi connectivity index (χ1n) is 12.9. The average molecular weight is 594 g/mol. The molecule has 3 aromatic heterocycles. The summed E-state index contributed by atoms with van der Waals surface area (Å²) in [7, 11) is 1.38. The number of rotatable bonds is 9. The highest BCUT2D eigenvalue weighted by molar-refractivity contribution is 7.21. The SMILES string of the molecule is COc1ccc(F)cc1[C@@H](O)Cn1c(=O)n(C(C)(C)C(=O)OCc2ccccc2)c(=O)c2c(C)c(-n3nccn3)sc21. The molecular formula is C29H28FN5O6S. The first kappa shape index (κ1) is 28.9. The predicted octanol–water partition coefficient (Wildman–Crippen LogP) is 3.47. The topological polar surface area (TPSA) is 130 Å². The summed E-state index contributed by atoms with van der Waals surface area (Å²) in [6.45, 7) is 4.09. The maximum absolute atomic E-state index is 14.1. The Kier molecular flexibility index (Phi) is 7.80. The Balaban J connectivity index is 1.67. The molecule has 0 spiro atoms. The van der Waals surface area contributed by atoms with Gasteiger partial charge in [0.1, 0.15) is 39.6 Å². The zero-order valence-corrected chi connectivity index (χ0v) is 24.1. The van der Waals surface area contributed by atoms with E-state index in [9.17, 15) is 23.9 Å². The van der Waals surface area contributed by atoms with E-state index in [0.29, 0.717) is 10.6 Å². The van der Waals surface area contributed by atoms with Crippen molar-refractivity contribution >= 4 is 27.5 Å². The molecule has 0 fully saturated rings. The van der Waals surface area contributed by atoms with Gasteiger partial charge in [0.2, 0.25) is 0 Å². The van der Waals surface area contributed by atoms with Crippen LogP contribution in [0.1, 0.15) is 36.6 Å². The van der Waals surface area contributed by atoms with E-state index in [1.807, 2.05) is 6.07 Å². The van der Waals surface area contributed by atoms with Gasteiger partial charge in [-0.1, -0.05) is 41.7 Å². The maximum atomic E-state index is 14.1. The van der Waals surface area contributed by atoms with Crippen LogP contribution in [-0.2, 0) is 28.2 Å². The normalized spacial score (nSPS) is 12.4. The molecule has 2 aromatic carbocycles. The lowest BCUT2D eigenvalue weighted by molar-refractivity contribution is -0.154. The second kappa shape index (κ2) is 11.3. The van der Waals surface area contributed by atoms with E-state index in [1.165, 1.54) is 54.8 Å². The molecule has 0 aliphatic carbocycles. The largest absolute Gasteiger partial charge is 0.496 e. The van der Waals surface area contributed by atoms with Crippen LogP contribution in [0.3, 0.4) is 0 Å². The van der Waals surface area contributed by atoms with Gasteiger partial charge in [0.15, 0.2) is 0 Å². The summed E-state index contributed by atoms with van der Waals surface area (Å²) in [5.41, 5.74) is -1.98. The average Bonchev–Trinajstić information content (AvgIpc) is 3.62. The van der Waals surface area contributed by atoms with Crippen molar-refractivity contribution in [1.29, 1.82) is 0 Å². The number of fused-ring (bicyclic) bond motifs is 1. The van der Waals surface area contributed by atoms with Crippen LogP contribution in [0.25, 0.3) is 15.2 Å². The molecule has 218 valence electrons. The minimum Gasteiger partial charge on any atom is -0.496 e. The zero-order chi connectivity index (χ0) is 30.2. The van der Waals surface area contributed by atoms with Crippen LogP contribution in [0, 0.1) is 12.7 Å². The van der Waals surface area contributed by atoms with E-state index in [2.05, 4.69) is 10.2 Å². The number of aliphatic hydroxyl groups excluding tert-OH is 1. The summed E-state index contributed by atoms with van der Waals surface area (Å²) in [5, 5.41) is 20.2. The molecule has 0 bridgehead atoms. The number of aliphatic hydroxyl groups is 1. The number of halogens is 1. The van der Waals surface area contributed by atoms with Gasteiger partial charge in [0, 0.05) is 11.1 Å². The number of nitrogens with zero attached hydrogens (tertiary/aromatic N) is 5. The van der Waals surface area contributed by atoms with Gasteiger partial charge in [-0.25, -0.2) is 18.5 Å². The first-order valence-corrected chi connectivity index (χ1v) is 13.7. The van der Waals surface area contributed by atoms with Gasteiger partial charge in [-0.3, -0.25) is 9.36 Å². The summed E-state index contributed by atoms with van der Waals surface area (Å²) in [6.07, 6.45) is 1.53. The third kappa shape index (κ3) is 5.12. The molecular weight excluding hydrogens is 565 g/mol. The predicted molar refractivity (Wildman–Crippen MR) is 153 cm³/mol. The molecule has 3 heterocycles. The summed E-state index contributed by atoms with van der Waals surface area (Å²) < 4.78 is 27.0. The van der Waals surface area contributed by atoms with Gasteiger partial charge in [-0.2, -0.15) is 10.2 Å². The van der Waals surface area contributed by atoms with Crippen LogP contribution in [-0.4, -0.2) is 42.3 Å². The lowest BCUT2D eigenvalue weighted by Crippen LogP contribution is -2.53. The number of hydrogen-bond donors (Lipinski definition) is 1. The third-order valence-corrected chi connectivity index (χ3v) is 8.25. The van der Waals surface area contributed by atoms with Crippen LogP contribution in [0.2, 0.25) is 0 Å². The van der Waals surface area contributed by atoms with Crippen molar-refractivity contribution in [2.45, 2.75) is 45.6 Å². The molecule has 5 aromatic rings. The summed E-state index contributed by atoms with van der Waals surface area (Å²) in [6, 6.07) is 12.7. The molecule has 0 amide bonds. The van der Waals surface area contributed by atoms with Gasteiger partial charge in [0.25, 0.3) is 5.56 Å². The monoisotopic (exact) mass is 593 g/mol. The fourth-order valence-corrected chi connectivity index (χ4v) is 5.95. The van der Waals surface area contributed by atoms with Crippen molar-refractivity contribution in [2.75, 3.05) is 7.11 Å². The maximum Gasteiger partial charge on any atom is 0.333 e. The number of ether oxygens (including phenoxy) is 2. The number of thiophene rings is 1. The van der Waals surface area contributed by atoms with Crippen LogP contribution >= 0.6 is 11.3 Å². The highest BCUT2D eigenvalue weighted by Gasteiger charge is 2.37. The molecule has 1 N–H and O–H groups in total. The van der Waals surface area contributed by atoms with Crippen molar-refractivity contribution in [3.8, 4) is 10.8 Å². The van der Waals surface area contributed by atoms with Crippen LogP contribution in [0.5, 0.6) is 5.75 Å². The standard InChI is InChI=1S/C29H28FN5O6S/c1-17-23-24(37)34(29(2,3)27(38)41-16-18-8-6-5-7-9-18)28(39)33(26(23)42-25(17)35-31-12-13-32-35)15-21(36)20-14-19(30)10-11-22(20)40-4/h5-14,21,36H,15-16H2,1-4H3/t21-/m0/s1. The minimum absolute atomic E-state index is 0.0566. The number of benzene rings is 2. The van der Waals surface area contributed by atoms with Crippen LogP contribution in [0.4, 0.5) is 4.39 Å². The molecule has 13 heteroatoms. The van der Waals surface area contributed by atoms with E-state index in [0.717, 1.165) is 27.5 Å². The first-order chi connectivity index (χ1) is 20.0. The van der Waals surface area contributed by atoms with Gasteiger partial charge >= 0.3 is 11.7 Å². The lowest BCUT2D eigenvalue weighted by atomic mass is 10.0. The van der Waals surface area contributed by atoms with E-state index in [1.54, 1.807) is 31.2 Å². The summed E-state index contributed by atoms with van der Waals surface area (Å²) in [5.74, 6) is -1.19. The Bertz CT molecular complexity index is 1880. The number of methoxy groups -OCH3 is 1.